The minimum absolute atomic E-state index is 0.236. The summed E-state index contributed by atoms with van der Waals surface area (Å²) in [5.41, 5.74) is 3.67. The molecule has 134 valence electrons. The number of ether oxygens (including phenoxy) is 1. The van der Waals surface area contributed by atoms with E-state index >= 15 is 0 Å². The van der Waals surface area contributed by atoms with E-state index in [0.717, 1.165) is 11.1 Å². The molecule has 0 bridgehead atoms. The van der Waals surface area contributed by atoms with E-state index in [4.69, 9.17) is 9.15 Å². The smallest absolute Gasteiger partial charge is 0.338 e. The number of carbonyl (C=O) groups is 1. The van der Waals surface area contributed by atoms with Gasteiger partial charge in [0.2, 0.25) is 5.89 Å². The summed E-state index contributed by atoms with van der Waals surface area (Å²) in [6.07, 6.45) is 2.50. The maximum absolute atomic E-state index is 12.4. The van der Waals surface area contributed by atoms with Crippen LogP contribution >= 0.6 is 0 Å². The van der Waals surface area contributed by atoms with Gasteiger partial charge in [0.25, 0.3) is 5.89 Å². The van der Waals surface area contributed by atoms with E-state index in [2.05, 4.69) is 20.2 Å². The second-order valence-corrected chi connectivity index (χ2v) is 6.12. The molecule has 0 amide bonds. The van der Waals surface area contributed by atoms with Crippen LogP contribution in [0.4, 0.5) is 0 Å². The summed E-state index contributed by atoms with van der Waals surface area (Å²) in [5.74, 6) is 0.124. The third-order valence-electron chi connectivity index (χ3n) is 4.08. The number of hydrogen-bond acceptors (Lipinski definition) is 7. The highest BCUT2D eigenvalue weighted by molar-refractivity contribution is 5.93. The van der Waals surface area contributed by atoms with E-state index in [-0.39, 0.29) is 5.89 Å². The van der Waals surface area contributed by atoms with Crippen molar-refractivity contribution in [2.45, 2.75) is 20.0 Å². The van der Waals surface area contributed by atoms with Crippen molar-refractivity contribution in [1.29, 1.82) is 0 Å². The van der Waals surface area contributed by atoms with Gasteiger partial charge >= 0.3 is 5.97 Å². The van der Waals surface area contributed by atoms with Crippen molar-refractivity contribution in [1.82, 2.24) is 20.2 Å². The lowest BCUT2D eigenvalue weighted by Gasteiger charge is -2.09. The van der Waals surface area contributed by atoms with E-state index in [9.17, 15) is 4.79 Å². The fourth-order valence-electron chi connectivity index (χ4n) is 2.58. The topological polar surface area (TPSA) is 91.0 Å². The Morgan fingerprint density at radius 1 is 1.00 bits per heavy atom. The number of hydrogen-bond donors (Lipinski definition) is 0. The maximum atomic E-state index is 12.4. The first-order chi connectivity index (χ1) is 13.1. The van der Waals surface area contributed by atoms with Gasteiger partial charge in [0.15, 0.2) is 6.10 Å². The molecule has 1 atom stereocenters. The van der Waals surface area contributed by atoms with Gasteiger partial charge in [0, 0.05) is 18.0 Å². The highest BCUT2D eigenvalue weighted by Crippen LogP contribution is 2.23. The second kappa shape index (κ2) is 6.95. The molecule has 0 unspecified atom stereocenters. The maximum Gasteiger partial charge on any atom is 0.338 e. The predicted octanol–water partition coefficient (Wildman–Crippen LogP) is 3.91. The third kappa shape index (κ3) is 3.52. The molecular weight excluding hydrogens is 344 g/mol. The summed E-state index contributed by atoms with van der Waals surface area (Å²) in [6.45, 7) is 3.69. The highest BCUT2D eigenvalue weighted by Gasteiger charge is 2.20. The Morgan fingerprint density at radius 3 is 2.52 bits per heavy atom. The second-order valence-electron chi connectivity index (χ2n) is 6.12. The Kier molecular flexibility index (Phi) is 4.33. The summed E-state index contributed by atoms with van der Waals surface area (Å²) in [6, 6.07) is 12.8. The van der Waals surface area contributed by atoms with Gasteiger partial charge in [-0.3, -0.25) is 9.97 Å². The first-order valence-corrected chi connectivity index (χ1v) is 8.42. The first-order valence-electron chi connectivity index (χ1n) is 8.42. The molecule has 7 heteroatoms. The van der Waals surface area contributed by atoms with Crippen LogP contribution in [0.15, 0.2) is 59.3 Å². The molecule has 4 aromatic rings. The number of carbonyl (C=O) groups excluding carboxylic acids is 1. The molecule has 0 fully saturated rings. The number of rotatable bonds is 4. The van der Waals surface area contributed by atoms with E-state index in [0.29, 0.717) is 22.5 Å². The van der Waals surface area contributed by atoms with Gasteiger partial charge < -0.3 is 9.15 Å². The van der Waals surface area contributed by atoms with Crippen LogP contribution < -0.4 is 0 Å². The third-order valence-corrected chi connectivity index (χ3v) is 4.08. The molecule has 0 aliphatic carbocycles. The van der Waals surface area contributed by atoms with Crippen molar-refractivity contribution >= 4 is 17.0 Å². The van der Waals surface area contributed by atoms with Crippen LogP contribution in [0.5, 0.6) is 0 Å². The SMILES string of the molecule is Cc1ccc(-c2nnc([C@H](C)OC(=O)c3ccc4nccnc4c3)o2)cc1. The Hall–Kier alpha value is -3.61. The monoisotopic (exact) mass is 360 g/mol. The minimum Gasteiger partial charge on any atom is -0.449 e. The van der Waals surface area contributed by atoms with Gasteiger partial charge in [-0.2, -0.15) is 0 Å². The molecular formula is C20H16N4O3. The van der Waals surface area contributed by atoms with Crippen LogP contribution in [0, 0.1) is 6.92 Å². The van der Waals surface area contributed by atoms with Crippen LogP contribution in [0.25, 0.3) is 22.5 Å². The fraction of sp³-hybridized carbons (Fsp3) is 0.150. The van der Waals surface area contributed by atoms with E-state index < -0.39 is 12.1 Å². The lowest BCUT2D eigenvalue weighted by molar-refractivity contribution is 0.0280. The van der Waals surface area contributed by atoms with Crippen LogP contribution in [-0.2, 0) is 4.74 Å². The summed E-state index contributed by atoms with van der Waals surface area (Å²) >= 11 is 0. The lowest BCUT2D eigenvalue weighted by Crippen LogP contribution is -2.09. The molecule has 7 nitrogen and oxygen atoms in total. The summed E-state index contributed by atoms with van der Waals surface area (Å²) < 4.78 is 11.1. The average molecular weight is 360 g/mol. The standard InChI is InChI=1S/C20H16N4O3/c1-12-3-5-14(6-4-12)19-24-23-18(27-19)13(2)26-20(25)15-7-8-16-17(11-15)22-10-9-21-16/h3-11,13H,1-2H3/t13-/m0/s1. The van der Waals surface area contributed by atoms with Gasteiger partial charge in [0.05, 0.1) is 16.6 Å². The summed E-state index contributed by atoms with van der Waals surface area (Å²) in [4.78, 5) is 20.8. The Labute approximate surface area is 155 Å². The number of aryl methyl sites for hydroxylation is 1. The van der Waals surface area contributed by atoms with Crippen LogP contribution in [0.2, 0.25) is 0 Å². The van der Waals surface area contributed by atoms with E-state index in [1.807, 2.05) is 31.2 Å². The van der Waals surface area contributed by atoms with E-state index in [1.54, 1.807) is 37.5 Å². The lowest BCUT2D eigenvalue weighted by atomic mass is 10.1. The van der Waals surface area contributed by atoms with Crippen molar-refractivity contribution < 1.29 is 13.9 Å². The van der Waals surface area contributed by atoms with Gasteiger partial charge in [-0.1, -0.05) is 17.7 Å². The summed E-state index contributed by atoms with van der Waals surface area (Å²) in [7, 11) is 0. The zero-order valence-corrected chi connectivity index (χ0v) is 14.8. The normalized spacial score (nSPS) is 12.1. The molecule has 0 N–H and O–H groups in total. The average Bonchev–Trinajstić information content (AvgIpc) is 3.18. The molecule has 4 rings (SSSR count). The molecule has 0 aliphatic rings. The molecule has 0 saturated heterocycles. The molecule has 2 aromatic heterocycles. The minimum atomic E-state index is -0.679. The first kappa shape index (κ1) is 16.8. The molecule has 0 saturated carbocycles. The van der Waals surface area contributed by atoms with Crippen LogP contribution in [-0.4, -0.2) is 26.1 Å². The predicted molar refractivity (Wildman–Crippen MR) is 97.8 cm³/mol. The largest absolute Gasteiger partial charge is 0.449 e. The number of nitrogens with zero attached hydrogens (tertiary/aromatic N) is 4. The van der Waals surface area contributed by atoms with Gasteiger partial charge in [-0.15, -0.1) is 10.2 Å². The Balaban J connectivity index is 1.50. The number of fused-ring (bicyclic) bond motifs is 1. The van der Waals surface area contributed by atoms with Gasteiger partial charge in [-0.25, -0.2) is 4.79 Å². The molecule has 0 spiro atoms. The number of benzene rings is 2. The van der Waals surface area contributed by atoms with Crippen LogP contribution in [0.3, 0.4) is 0 Å². The summed E-state index contributed by atoms with van der Waals surface area (Å²) in [5, 5.41) is 8.03. The van der Waals surface area contributed by atoms with Crippen molar-refractivity contribution in [3.8, 4) is 11.5 Å². The fourth-order valence-corrected chi connectivity index (χ4v) is 2.58. The number of aromatic nitrogens is 4. The van der Waals surface area contributed by atoms with Crippen molar-refractivity contribution in [2.24, 2.45) is 0 Å². The molecule has 2 heterocycles. The van der Waals surface area contributed by atoms with Crippen molar-refractivity contribution in [3.63, 3.8) is 0 Å². The quantitative estimate of drug-likeness (QED) is 0.510. The Bertz CT molecular complexity index is 1110. The molecule has 0 aliphatic heterocycles. The van der Waals surface area contributed by atoms with Crippen LogP contribution in [0.1, 0.15) is 34.8 Å². The molecule has 0 radical (unpaired) electrons. The van der Waals surface area contributed by atoms with Crippen molar-refractivity contribution in [3.05, 3.63) is 71.9 Å². The number of esters is 1. The van der Waals surface area contributed by atoms with Gasteiger partial charge in [-0.05, 0) is 44.2 Å². The highest BCUT2D eigenvalue weighted by atomic mass is 16.6. The van der Waals surface area contributed by atoms with E-state index in [1.165, 1.54) is 0 Å². The molecule has 2 aromatic carbocycles. The molecule has 27 heavy (non-hydrogen) atoms. The zero-order valence-electron chi connectivity index (χ0n) is 14.8. The van der Waals surface area contributed by atoms with Crippen molar-refractivity contribution in [2.75, 3.05) is 0 Å². The van der Waals surface area contributed by atoms with Gasteiger partial charge in [0.1, 0.15) is 0 Å². The Morgan fingerprint density at radius 2 is 1.74 bits per heavy atom. The zero-order chi connectivity index (χ0) is 18.8.